The highest BCUT2D eigenvalue weighted by atomic mass is 32.2. The van der Waals surface area contributed by atoms with Crippen molar-refractivity contribution in [3.8, 4) is 11.5 Å². The second kappa shape index (κ2) is 10.7. The topological polar surface area (TPSA) is 120 Å². The summed E-state index contributed by atoms with van der Waals surface area (Å²) in [5.41, 5.74) is 2.29. The van der Waals surface area contributed by atoms with Crippen molar-refractivity contribution in [3.05, 3.63) is 83.4 Å². The van der Waals surface area contributed by atoms with Crippen LogP contribution in [0.4, 0.5) is 5.69 Å². The molecule has 38 heavy (non-hydrogen) atoms. The van der Waals surface area contributed by atoms with E-state index in [9.17, 15) is 18.0 Å². The largest absolute Gasteiger partial charge is 0.486 e. The number of aryl methyl sites for hydroxylation is 1. The van der Waals surface area contributed by atoms with Crippen molar-refractivity contribution in [2.75, 3.05) is 17.9 Å². The number of carbonyl (C=O) groups is 2. The van der Waals surface area contributed by atoms with Crippen molar-refractivity contribution in [2.45, 2.75) is 43.2 Å². The first kappa shape index (κ1) is 25.6. The molecule has 10 heteroatoms. The van der Waals surface area contributed by atoms with E-state index >= 15 is 0 Å². The van der Waals surface area contributed by atoms with Gasteiger partial charge in [-0.1, -0.05) is 36.4 Å². The molecule has 2 aliphatic rings. The number of hydrogen-bond acceptors (Lipinski definition) is 7. The van der Waals surface area contributed by atoms with Gasteiger partial charge in [-0.25, -0.2) is 13.2 Å². The molecule has 1 aliphatic heterocycles. The van der Waals surface area contributed by atoms with Crippen LogP contribution in [0.5, 0.6) is 11.5 Å². The van der Waals surface area contributed by atoms with Gasteiger partial charge in [0, 0.05) is 6.07 Å². The highest BCUT2D eigenvalue weighted by Gasteiger charge is 2.27. The predicted octanol–water partition coefficient (Wildman–Crippen LogP) is 4.00. The Balaban J connectivity index is 1.27. The van der Waals surface area contributed by atoms with Gasteiger partial charge in [-0.2, -0.15) is 0 Å². The minimum Gasteiger partial charge on any atom is -0.486 e. The summed E-state index contributed by atoms with van der Waals surface area (Å²) in [6, 6.07) is 18.2. The van der Waals surface area contributed by atoms with Crippen LogP contribution in [0.3, 0.4) is 0 Å². The van der Waals surface area contributed by atoms with Gasteiger partial charge in [0.05, 0.1) is 22.2 Å². The van der Waals surface area contributed by atoms with Crippen LogP contribution in [-0.4, -0.2) is 39.6 Å². The molecule has 1 heterocycles. The molecule has 0 fully saturated rings. The maximum atomic E-state index is 13.1. The molecule has 0 radical (unpaired) electrons. The molecule has 0 unspecified atom stereocenters. The maximum absolute atomic E-state index is 13.1. The Labute approximate surface area is 221 Å². The molecular weight excluding hydrogens is 508 g/mol. The van der Waals surface area contributed by atoms with Crippen LogP contribution < -0.4 is 19.5 Å². The quantitative estimate of drug-likeness (QED) is 0.438. The Morgan fingerprint density at radius 3 is 2.55 bits per heavy atom. The van der Waals surface area contributed by atoms with E-state index in [1.165, 1.54) is 42.8 Å². The minimum atomic E-state index is -4.07. The first-order valence-electron chi connectivity index (χ1n) is 12.4. The Morgan fingerprint density at radius 1 is 0.974 bits per heavy atom. The second-order valence-electron chi connectivity index (χ2n) is 9.16. The number of fused-ring (bicyclic) bond motifs is 2. The Kier molecular flexibility index (Phi) is 7.24. The summed E-state index contributed by atoms with van der Waals surface area (Å²) >= 11 is 0. The number of anilines is 1. The van der Waals surface area contributed by atoms with E-state index < -0.39 is 28.0 Å². The molecule has 2 N–H and O–H groups in total. The van der Waals surface area contributed by atoms with E-state index in [2.05, 4.69) is 16.1 Å². The summed E-state index contributed by atoms with van der Waals surface area (Å²) in [5, 5.41) is 2.98. The molecule has 1 aliphatic carbocycles. The van der Waals surface area contributed by atoms with Crippen molar-refractivity contribution >= 4 is 27.6 Å². The molecule has 0 bridgehead atoms. The molecule has 198 valence electrons. The summed E-state index contributed by atoms with van der Waals surface area (Å²) in [4.78, 5) is 25.8. The molecule has 3 aromatic rings. The Bertz CT molecular complexity index is 1470. The average molecular weight is 537 g/mol. The third kappa shape index (κ3) is 5.45. The van der Waals surface area contributed by atoms with Gasteiger partial charge in [-0.3, -0.25) is 9.52 Å². The lowest BCUT2D eigenvalue weighted by molar-refractivity contribution is -0.130. The number of hydrogen-bond donors (Lipinski definition) is 2. The zero-order valence-electron chi connectivity index (χ0n) is 20.8. The lowest BCUT2D eigenvalue weighted by atomic mass is 9.87. The number of esters is 1. The summed E-state index contributed by atoms with van der Waals surface area (Å²) in [6.45, 7) is 2.19. The molecule has 0 saturated carbocycles. The van der Waals surface area contributed by atoms with Gasteiger partial charge < -0.3 is 19.5 Å². The number of ether oxygens (including phenoxy) is 3. The SMILES string of the molecule is C[C@@H](OC(=O)c1ccccc1NS(=O)(=O)c1ccc2c(c1)OCCO2)C(=O)N[C@@H]1CCCc2ccccc21. The molecular formula is C28H28N2O7S. The van der Waals surface area contributed by atoms with E-state index in [4.69, 9.17) is 14.2 Å². The fourth-order valence-electron chi connectivity index (χ4n) is 4.62. The van der Waals surface area contributed by atoms with Crippen LogP contribution in [-0.2, 0) is 26.0 Å². The molecule has 0 aromatic heterocycles. The van der Waals surface area contributed by atoms with E-state index in [1.807, 2.05) is 18.2 Å². The molecule has 2 atom stereocenters. The molecule has 5 rings (SSSR count). The normalized spacial score (nSPS) is 17.0. The van der Waals surface area contributed by atoms with Gasteiger partial charge in [0.15, 0.2) is 17.6 Å². The first-order chi connectivity index (χ1) is 18.3. The molecule has 3 aromatic carbocycles. The average Bonchev–Trinajstić information content (AvgIpc) is 2.93. The highest BCUT2D eigenvalue weighted by Crippen LogP contribution is 2.33. The van der Waals surface area contributed by atoms with Crippen molar-refractivity contribution in [1.82, 2.24) is 5.32 Å². The first-order valence-corrected chi connectivity index (χ1v) is 13.9. The monoisotopic (exact) mass is 536 g/mol. The number of sulfonamides is 1. The van der Waals surface area contributed by atoms with Crippen LogP contribution in [0.1, 0.15) is 47.3 Å². The van der Waals surface area contributed by atoms with E-state index in [-0.39, 0.29) is 22.2 Å². The summed E-state index contributed by atoms with van der Waals surface area (Å²) < 4.78 is 45.0. The van der Waals surface area contributed by atoms with E-state index in [0.717, 1.165) is 24.8 Å². The lowest BCUT2D eigenvalue weighted by Crippen LogP contribution is -2.39. The Hall–Kier alpha value is -4.05. The smallest absolute Gasteiger partial charge is 0.341 e. The van der Waals surface area contributed by atoms with Crippen LogP contribution in [0.15, 0.2) is 71.6 Å². The van der Waals surface area contributed by atoms with Crippen LogP contribution in [0, 0.1) is 0 Å². The standard InChI is InChI=1S/C28H28N2O7S/c1-18(27(31)29-23-12-6-8-19-7-2-3-9-21(19)23)37-28(32)22-10-4-5-11-24(22)30-38(33,34)20-13-14-25-26(17-20)36-16-15-35-25/h2-5,7,9-11,13-14,17-18,23,30H,6,8,12,15-16H2,1H3,(H,29,31)/t18-,23-/m1/s1. The van der Waals surface area contributed by atoms with Crippen molar-refractivity contribution < 1.29 is 32.2 Å². The van der Waals surface area contributed by atoms with Crippen LogP contribution >= 0.6 is 0 Å². The highest BCUT2D eigenvalue weighted by molar-refractivity contribution is 7.92. The summed E-state index contributed by atoms with van der Waals surface area (Å²) in [6.07, 6.45) is 1.63. The van der Waals surface area contributed by atoms with Crippen LogP contribution in [0.2, 0.25) is 0 Å². The van der Waals surface area contributed by atoms with Gasteiger partial charge in [-0.05, 0) is 61.6 Å². The third-order valence-corrected chi connectivity index (χ3v) is 7.92. The summed E-state index contributed by atoms with van der Waals surface area (Å²) in [7, 11) is -4.07. The summed E-state index contributed by atoms with van der Waals surface area (Å²) in [5.74, 6) is -0.457. The van der Waals surface area contributed by atoms with Gasteiger partial charge in [0.2, 0.25) is 0 Å². The molecule has 0 spiro atoms. The minimum absolute atomic E-state index is 0.0173. The number of para-hydroxylation sites is 1. The van der Waals surface area contributed by atoms with Gasteiger partial charge in [0.1, 0.15) is 13.2 Å². The maximum Gasteiger partial charge on any atom is 0.341 e. The lowest BCUT2D eigenvalue weighted by Gasteiger charge is -2.27. The number of rotatable bonds is 7. The van der Waals surface area contributed by atoms with E-state index in [1.54, 1.807) is 12.1 Å². The molecule has 9 nitrogen and oxygen atoms in total. The third-order valence-electron chi connectivity index (χ3n) is 6.55. The van der Waals surface area contributed by atoms with Gasteiger partial charge in [-0.15, -0.1) is 0 Å². The van der Waals surface area contributed by atoms with E-state index in [0.29, 0.717) is 24.7 Å². The second-order valence-corrected chi connectivity index (χ2v) is 10.8. The fourth-order valence-corrected chi connectivity index (χ4v) is 5.71. The number of nitrogens with one attached hydrogen (secondary N) is 2. The zero-order valence-corrected chi connectivity index (χ0v) is 21.6. The number of carbonyl (C=O) groups excluding carboxylic acids is 2. The number of amides is 1. The van der Waals surface area contributed by atoms with Crippen molar-refractivity contribution in [3.63, 3.8) is 0 Å². The molecule has 0 saturated heterocycles. The fraction of sp³-hybridized carbons (Fsp3) is 0.286. The van der Waals surface area contributed by atoms with Gasteiger partial charge in [0.25, 0.3) is 15.9 Å². The number of benzene rings is 3. The van der Waals surface area contributed by atoms with Crippen LogP contribution in [0.25, 0.3) is 0 Å². The van der Waals surface area contributed by atoms with Crippen molar-refractivity contribution in [1.29, 1.82) is 0 Å². The van der Waals surface area contributed by atoms with Gasteiger partial charge >= 0.3 is 5.97 Å². The predicted molar refractivity (Wildman–Crippen MR) is 140 cm³/mol. The zero-order chi connectivity index (χ0) is 26.7. The molecule has 1 amide bonds. The Morgan fingerprint density at radius 2 is 1.71 bits per heavy atom. The van der Waals surface area contributed by atoms with Crippen molar-refractivity contribution in [2.24, 2.45) is 0 Å².